The number of ether oxygens (including phenoxy) is 1. The van der Waals surface area contributed by atoms with Gasteiger partial charge in [-0.25, -0.2) is 14.8 Å². The van der Waals surface area contributed by atoms with Crippen molar-refractivity contribution >= 4 is 38.4 Å². The molecule has 0 amide bonds. The number of benzene rings is 1. The maximum Gasteiger partial charge on any atom is 0.440 e. The molecule has 0 saturated heterocycles. The number of nitrogens with one attached hydrogen (secondary N) is 1. The van der Waals surface area contributed by atoms with E-state index in [9.17, 15) is 23.1 Å². The van der Waals surface area contributed by atoms with Gasteiger partial charge in [0.25, 0.3) is 5.66 Å². The molecule has 3 rings (SSSR count). The number of esters is 1. The third-order valence-electron chi connectivity index (χ3n) is 3.75. The van der Waals surface area contributed by atoms with E-state index in [-0.39, 0.29) is 17.5 Å². The highest BCUT2D eigenvalue weighted by atomic mass is 32.1. The molecular weight excluding hydrogens is 371 g/mol. The normalized spacial score (nSPS) is 20.4. The number of para-hydroxylation sites is 1. The van der Waals surface area contributed by atoms with Crippen LogP contribution < -0.4 is 5.32 Å². The van der Waals surface area contributed by atoms with Crippen LogP contribution in [0.5, 0.6) is 0 Å². The Morgan fingerprint density at radius 3 is 2.69 bits per heavy atom. The fourth-order valence-electron chi connectivity index (χ4n) is 2.60. The second-order valence-electron chi connectivity index (χ2n) is 5.46. The van der Waals surface area contributed by atoms with Crippen molar-refractivity contribution in [1.82, 2.24) is 4.98 Å². The Labute approximate surface area is 150 Å². The van der Waals surface area contributed by atoms with Crippen molar-refractivity contribution < 1.29 is 27.8 Å². The van der Waals surface area contributed by atoms with Crippen LogP contribution in [0, 0.1) is 0 Å². The van der Waals surface area contributed by atoms with E-state index in [0.29, 0.717) is 10.2 Å². The molecule has 26 heavy (non-hydrogen) atoms. The molecule has 138 valence electrons. The number of aliphatic imine (C=N–C) groups is 1. The van der Waals surface area contributed by atoms with E-state index in [0.717, 1.165) is 11.3 Å². The van der Waals surface area contributed by atoms with Gasteiger partial charge in [0.05, 0.1) is 22.5 Å². The van der Waals surface area contributed by atoms with Gasteiger partial charge in [-0.15, -0.1) is 0 Å². The highest BCUT2D eigenvalue weighted by Crippen LogP contribution is 2.45. The van der Waals surface area contributed by atoms with E-state index in [1.54, 1.807) is 24.3 Å². The number of fused-ring (bicyclic) bond motifs is 1. The van der Waals surface area contributed by atoms with Crippen LogP contribution in [0.4, 0.5) is 18.3 Å². The number of thiazole rings is 1. The zero-order valence-electron chi connectivity index (χ0n) is 13.7. The van der Waals surface area contributed by atoms with Gasteiger partial charge in [0.1, 0.15) is 5.57 Å². The molecule has 0 bridgehead atoms. The van der Waals surface area contributed by atoms with Crippen molar-refractivity contribution in [2.75, 3.05) is 11.9 Å². The lowest BCUT2D eigenvalue weighted by atomic mass is 10.1. The first-order chi connectivity index (χ1) is 12.2. The van der Waals surface area contributed by atoms with E-state index < -0.39 is 29.1 Å². The molecule has 1 aromatic carbocycles. The zero-order chi connectivity index (χ0) is 19.1. The van der Waals surface area contributed by atoms with Crippen molar-refractivity contribution in [3.63, 3.8) is 0 Å². The molecule has 0 unspecified atom stereocenters. The Hall–Kier alpha value is -2.62. The molecule has 1 aliphatic rings. The van der Waals surface area contributed by atoms with Crippen molar-refractivity contribution in [3.8, 4) is 0 Å². The first kappa shape index (κ1) is 18.2. The minimum absolute atomic E-state index is 0.0484. The lowest BCUT2D eigenvalue weighted by Crippen LogP contribution is -2.51. The number of aliphatic hydroxyl groups is 1. The number of aromatic nitrogens is 1. The summed E-state index contributed by atoms with van der Waals surface area (Å²) in [5.74, 6) is -2.32. The van der Waals surface area contributed by atoms with Gasteiger partial charge in [-0.3, -0.25) is 0 Å². The van der Waals surface area contributed by atoms with E-state index in [4.69, 9.17) is 4.74 Å². The summed E-state index contributed by atoms with van der Waals surface area (Å²) in [7, 11) is 0. The van der Waals surface area contributed by atoms with Crippen LogP contribution in [0.25, 0.3) is 10.2 Å². The van der Waals surface area contributed by atoms with E-state index in [2.05, 4.69) is 15.3 Å². The molecule has 6 nitrogen and oxygen atoms in total. The molecule has 0 aliphatic carbocycles. The highest BCUT2D eigenvalue weighted by molar-refractivity contribution is 7.22. The summed E-state index contributed by atoms with van der Waals surface area (Å²) in [6.45, 7) is 2.66. The molecule has 1 atom stereocenters. The SMILES string of the molecule is CCOC(=O)C1=C(O)[C@@](Nc2nc3ccccc3s2)(C(F)(F)F)N=C1C. The molecule has 1 aromatic heterocycles. The Kier molecular flexibility index (Phi) is 4.39. The Morgan fingerprint density at radius 2 is 2.08 bits per heavy atom. The zero-order valence-corrected chi connectivity index (χ0v) is 14.5. The van der Waals surface area contributed by atoms with Crippen LogP contribution in [0.1, 0.15) is 13.8 Å². The number of carbonyl (C=O) groups excluding carboxylic acids is 1. The van der Waals surface area contributed by atoms with Gasteiger partial charge in [-0.1, -0.05) is 23.5 Å². The number of rotatable bonds is 4. The Balaban J connectivity index is 2.10. The van der Waals surface area contributed by atoms with E-state index >= 15 is 0 Å². The smallest absolute Gasteiger partial charge is 0.440 e. The average molecular weight is 385 g/mol. The van der Waals surface area contributed by atoms with E-state index in [1.165, 1.54) is 13.8 Å². The molecule has 0 fully saturated rings. The van der Waals surface area contributed by atoms with Gasteiger partial charge in [-0.2, -0.15) is 13.2 Å². The maximum atomic E-state index is 13.9. The largest absolute Gasteiger partial charge is 0.507 e. The number of halogens is 3. The van der Waals surface area contributed by atoms with Crippen LogP contribution in [0.3, 0.4) is 0 Å². The minimum Gasteiger partial charge on any atom is -0.507 e. The van der Waals surface area contributed by atoms with Crippen LogP contribution in [0.15, 0.2) is 40.6 Å². The summed E-state index contributed by atoms with van der Waals surface area (Å²) in [6.07, 6.45) is -5.02. The summed E-state index contributed by atoms with van der Waals surface area (Å²) >= 11 is 0.981. The second kappa shape index (κ2) is 6.27. The first-order valence-electron chi connectivity index (χ1n) is 7.57. The van der Waals surface area contributed by atoms with Gasteiger partial charge in [0, 0.05) is 0 Å². The standard InChI is InChI=1S/C16H14F3N3O3S/c1-3-25-13(24)11-8(2)21-15(12(11)23,16(17,18)19)22-14-20-9-6-4-5-7-10(9)26-14/h4-7,23H,3H2,1-2H3,(H,20,22)/t15-/m1/s1. The summed E-state index contributed by atoms with van der Waals surface area (Å²) in [5.41, 5.74) is -3.55. The molecule has 2 N–H and O–H groups in total. The van der Waals surface area contributed by atoms with E-state index in [1.807, 2.05) is 0 Å². The topological polar surface area (TPSA) is 83.8 Å². The number of nitrogens with zero attached hydrogens (tertiary/aromatic N) is 2. The number of alkyl halides is 3. The molecule has 2 aromatic rings. The van der Waals surface area contributed by atoms with Crippen LogP contribution in [-0.2, 0) is 9.53 Å². The summed E-state index contributed by atoms with van der Waals surface area (Å²) in [5, 5.41) is 12.4. The van der Waals surface area contributed by atoms with Gasteiger partial charge in [0.15, 0.2) is 10.9 Å². The molecule has 2 heterocycles. The molecule has 1 aliphatic heterocycles. The second-order valence-corrected chi connectivity index (χ2v) is 6.49. The predicted molar refractivity (Wildman–Crippen MR) is 91.4 cm³/mol. The monoisotopic (exact) mass is 385 g/mol. The lowest BCUT2D eigenvalue weighted by molar-refractivity contribution is -0.172. The fourth-order valence-corrected chi connectivity index (χ4v) is 3.51. The summed E-state index contributed by atoms with van der Waals surface area (Å²) < 4.78 is 47.0. The van der Waals surface area contributed by atoms with Gasteiger partial charge in [-0.05, 0) is 26.0 Å². The fraction of sp³-hybridized carbons (Fsp3) is 0.312. The third-order valence-corrected chi connectivity index (χ3v) is 4.70. The highest BCUT2D eigenvalue weighted by Gasteiger charge is 2.63. The van der Waals surface area contributed by atoms with Gasteiger partial charge >= 0.3 is 12.1 Å². The number of hydrogen-bond donors (Lipinski definition) is 2. The van der Waals surface area contributed by atoms with Gasteiger partial charge < -0.3 is 15.2 Å². The quantitative estimate of drug-likeness (QED) is 0.782. The van der Waals surface area contributed by atoms with Crippen LogP contribution in [0.2, 0.25) is 0 Å². The number of anilines is 1. The molecule has 0 saturated carbocycles. The molecule has 0 radical (unpaired) electrons. The van der Waals surface area contributed by atoms with Crippen molar-refractivity contribution in [2.24, 2.45) is 4.99 Å². The van der Waals surface area contributed by atoms with Crippen molar-refractivity contribution in [2.45, 2.75) is 25.7 Å². The first-order valence-corrected chi connectivity index (χ1v) is 8.39. The van der Waals surface area contributed by atoms with Gasteiger partial charge in [0.2, 0.25) is 0 Å². The minimum atomic E-state index is -5.02. The van der Waals surface area contributed by atoms with Crippen molar-refractivity contribution in [1.29, 1.82) is 0 Å². The third kappa shape index (κ3) is 2.79. The Morgan fingerprint density at radius 1 is 1.38 bits per heavy atom. The van der Waals surface area contributed by atoms with Crippen LogP contribution >= 0.6 is 11.3 Å². The maximum absolute atomic E-state index is 13.9. The number of hydrogen-bond acceptors (Lipinski definition) is 7. The van der Waals surface area contributed by atoms with Crippen molar-refractivity contribution in [3.05, 3.63) is 35.6 Å². The summed E-state index contributed by atoms with van der Waals surface area (Å²) in [6, 6.07) is 6.80. The average Bonchev–Trinajstić information content (AvgIpc) is 3.06. The lowest BCUT2D eigenvalue weighted by Gasteiger charge is -2.29. The molecular formula is C16H14F3N3O3S. The number of aliphatic hydroxyl groups excluding tert-OH is 1. The summed E-state index contributed by atoms with van der Waals surface area (Å²) in [4.78, 5) is 19.6. The Bertz CT molecular complexity index is 902. The molecule has 0 spiro atoms. The number of carbonyl (C=O) groups is 1. The predicted octanol–water partition coefficient (Wildman–Crippen LogP) is 3.82. The molecule has 10 heteroatoms. The van der Waals surface area contributed by atoms with Crippen LogP contribution in [-0.4, -0.2) is 40.2 Å².